The average Bonchev–Trinajstić information content (AvgIpc) is 2.29. The molecule has 2 nitrogen and oxygen atoms in total. The number of benzene rings is 1. The van der Waals surface area contributed by atoms with Crippen LogP contribution in [0.4, 0.5) is 0 Å². The number of halogens is 1. The van der Waals surface area contributed by atoms with Gasteiger partial charge >= 0.3 is 0 Å². The molecule has 0 saturated heterocycles. The maximum Gasteiger partial charge on any atom is 0.0462 e. The second-order valence-electron chi connectivity index (χ2n) is 3.77. The third kappa shape index (κ3) is 4.24. The Morgan fingerprint density at radius 3 is 2.75 bits per heavy atom. The summed E-state index contributed by atoms with van der Waals surface area (Å²) in [6, 6.07) is 8.81. The Kier molecular flexibility index (Phi) is 6.69. The molecule has 0 bridgehead atoms. The molecule has 1 N–H and O–H groups in total. The van der Waals surface area contributed by atoms with Crippen LogP contribution in [-0.4, -0.2) is 20.3 Å². The number of ether oxygens (including phenoxy) is 1. The molecule has 0 amide bonds. The fourth-order valence-corrected chi connectivity index (χ4v) is 2.36. The summed E-state index contributed by atoms with van der Waals surface area (Å²) < 4.78 is 6.28. The molecule has 0 spiro atoms. The van der Waals surface area contributed by atoms with Gasteiger partial charge in [0, 0.05) is 24.2 Å². The van der Waals surface area contributed by atoms with Crippen LogP contribution in [0.25, 0.3) is 0 Å². The largest absolute Gasteiger partial charge is 0.385 e. The minimum Gasteiger partial charge on any atom is -0.385 e. The highest BCUT2D eigenvalue weighted by Crippen LogP contribution is 2.26. The van der Waals surface area contributed by atoms with Gasteiger partial charge in [0.1, 0.15) is 0 Å². The molecule has 0 heterocycles. The number of hydrogen-bond acceptors (Lipinski definition) is 2. The van der Waals surface area contributed by atoms with Crippen LogP contribution >= 0.6 is 15.9 Å². The molecule has 1 atom stereocenters. The van der Waals surface area contributed by atoms with Gasteiger partial charge in [-0.2, -0.15) is 0 Å². The standard InChI is InChI=1S/C13H20BrNO/c1-3-15-13(9-6-10-16-2)11-7-4-5-8-12(11)14/h4-5,7-8,13,15H,3,6,9-10H2,1-2H3. The lowest BCUT2D eigenvalue weighted by Crippen LogP contribution is -2.21. The number of rotatable bonds is 7. The molecule has 16 heavy (non-hydrogen) atoms. The van der Waals surface area contributed by atoms with Gasteiger partial charge in [-0.05, 0) is 31.0 Å². The van der Waals surface area contributed by atoms with E-state index in [0.29, 0.717) is 6.04 Å². The highest BCUT2D eigenvalue weighted by molar-refractivity contribution is 9.10. The van der Waals surface area contributed by atoms with E-state index in [1.54, 1.807) is 7.11 Å². The van der Waals surface area contributed by atoms with Crippen LogP contribution in [0.5, 0.6) is 0 Å². The third-order valence-corrected chi connectivity index (χ3v) is 3.29. The summed E-state index contributed by atoms with van der Waals surface area (Å²) in [7, 11) is 1.75. The SMILES string of the molecule is CCNC(CCCOC)c1ccccc1Br. The lowest BCUT2D eigenvalue weighted by molar-refractivity contribution is 0.189. The van der Waals surface area contributed by atoms with Gasteiger partial charge in [-0.3, -0.25) is 0 Å². The zero-order valence-corrected chi connectivity index (χ0v) is 11.6. The summed E-state index contributed by atoms with van der Waals surface area (Å²) in [4.78, 5) is 0. The van der Waals surface area contributed by atoms with E-state index < -0.39 is 0 Å². The van der Waals surface area contributed by atoms with Crippen molar-refractivity contribution in [2.24, 2.45) is 0 Å². The first kappa shape index (κ1) is 13.7. The molecule has 1 aromatic carbocycles. The van der Waals surface area contributed by atoms with E-state index in [1.807, 2.05) is 6.07 Å². The van der Waals surface area contributed by atoms with Crippen molar-refractivity contribution in [2.75, 3.05) is 20.3 Å². The minimum atomic E-state index is 0.413. The Balaban J connectivity index is 2.65. The predicted octanol–water partition coefficient (Wildman–Crippen LogP) is 3.53. The van der Waals surface area contributed by atoms with E-state index >= 15 is 0 Å². The van der Waals surface area contributed by atoms with Crippen LogP contribution in [0, 0.1) is 0 Å². The van der Waals surface area contributed by atoms with Crippen LogP contribution in [0.1, 0.15) is 31.4 Å². The second-order valence-corrected chi connectivity index (χ2v) is 4.62. The fourth-order valence-electron chi connectivity index (χ4n) is 1.80. The number of nitrogens with one attached hydrogen (secondary N) is 1. The van der Waals surface area contributed by atoms with Gasteiger partial charge in [-0.15, -0.1) is 0 Å². The van der Waals surface area contributed by atoms with Crippen LogP contribution in [0.3, 0.4) is 0 Å². The zero-order valence-electron chi connectivity index (χ0n) is 10.0. The van der Waals surface area contributed by atoms with Crippen LogP contribution in [0.15, 0.2) is 28.7 Å². The normalized spacial score (nSPS) is 12.7. The maximum absolute atomic E-state index is 5.10. The Morgan fingerprint density at radius 1 is 1.38 bits per heavy atom. The fraction of sp³-hybridized carbons (Fsp3) is 0.538. The molecule has 0 aliphatic carbocycles. The Hall–Kier alpha value is -0.380. The van der Waals surface area contributed by atoms with Crippen molar-refractivity contribution in [1.82, 2.24) is 5.32 Å². The summed E-state index contributed by atoms with van der Waals surface area (Å²) in [6.07, 6.45) is 2.18. The first-order valence-electron chi connectivity index (χ1n) is 5.76. The third-order valence-electron chi connectivity index (χ3n) is 2.57. The highest BCUT2D eigenvalue weighted by atomic mass is 79.9. The van der Waals surface area contributed by atoms with E-state index in [-0.39, 0.29) is 0 Å². The molecule has 1 aromatic rings. The van der Waals surface area contributed by atoms with Crippen molar-refractivity contribution >= 4 is 15.9 Å². The lowest BCUT2D eigenvalue weighted by atomic mass is 10.0. The van der Waals surface area contributed by atoms with Crippen molar-refractivity contribution in [2.45, 2.75) is 25.8 Å². The van der Waals surface area contributed by atoms with E-state index in [2.05, 4.69) is 46.4 Å². The van der Waals surface area contributed by atoms with E-state index in [0.717, 1.165) is 26.0 Å². The summed E-state index contributed by atoms with van der Waals surface area (Å²) in [5.41, 5.74) is 1.33. The summed E-state index contributed by atoms with van der Waals surface area (Å²) in [5, 5.41) is 3.51. The Bertz CT molecular complexity index is 304. The second kappa shape index (κ2) is 7.82. The van der Waals surface area contributed by atoms with Gasteiger partial charge in [0.05, 0.1) is 0 Å². The molecular weight excluding hydrogens is 266 g/mol. The first-order chi connectivity index (χ1) is 7.79. The maximum atomic E-state index is 5.10. The van der Waals surface area contributed by atoms with Crippen molar-refractivity contribution in [1.29, 1.82) is 0 Å². The van der Waals surface area contributed by atoms with Crippen molar-refractivity contribution in [3.63, 3.8) is 0 Å². The molecule has 0 aromatic heterocycles. The quantitative estimate of drug-likeness (QED) is 0.774. The topological polar surface area (TPSA) is 21.3 Å². The molecule has 1 rings (SSSR count). The Morgan fingerprint density at radius 2 is 2.12 bits per heavy atom. The molecule has 0 radical (unpaired) electrons. The molecule has 0 aliphatic heterocycles. The van der Waals surface area contributed by atoms with Crippen molar-refractivity contribution < 1.29 is 4.74 Å². The molecular formula is C13H20BrNO. The minimum absolute atomic E-state index is 0.413. The Labute approximate surface area is 107 Å². The van der Waals surface area contributed by atoms with Crippen LogP contribution in [-0.2, 0) is 4.74 Å². The van der Waals surface area contributed by atoms with Gasteiger partial charge in [-0.25, -0.2) is 0 Å². The lowest BCUT2D eigenvalue weighted by Gasteiger charge is -2.19. The summed E-state index contributed by atoms with van der Waals surface area (Å²) in [6.45, 7) is 3.95. The molecule has 1 unspecified atom stereocenters. The van der Waals surface area contributed by atoms with Gasteiger partial charge in [0.25, 0.3) is 0 Å². The summed E-state index contributed by atoms with van der Waals surface area (Å²) >= 11 is 3.60. The van der Waals surface area contributed by atoms with Gasteiger partial charge < -0.3 is 10.1 Å². The monoisotopic (exact) mass is 285 g/mol. The van der Waals surface area contributed by atoms with Gasteiger partial charge in [0.2, 0.25) is 0 Å². The number of hydrogen-bond donors (Lipinski definition) is 1. The van der Waals surface area contributed by atoms with E-state index in [1.165, 1.54) is 10.0 Å². The molecule has 3 heteroatoms. The van der Waals surface area contributed by atoms with Crippen LogP contribution in [0.2, 0.25) is 0 Å². The van der Waals surface area contributed by atoms with Gasteiger partial charge in [0.15, 0.2) is 0 Å². The molecule has 90 valence electrons. The van der Waals surface area contributed by atoms with Crippen LogP contribution < -0.4 is 5.32 Å². The van der Waals surface area contributed by atoms with Crippen molar-refractivity contribution in [3.8, 4) is 0 Å². The highest BCUT2D eigenvalue weighted by Gasteiger charge is 2.12. The first-order valence-corrected chi connectivity index (χ1v) is 6.55. The molecule has 0 aliphatic rings. The number of methoxy groups -OCH3 is 1. The zero-order chi connectivity index (χ0) is 11.8. The van der Waals surface area contributed by atoms with E-state index in [4.69, 9.17) is 4.74 Å². The summed E-state index contributed by atoms with van der Waals surface area (Å²) in [5.74, 6) is 0. The van der Waals surface area contributed by atoms with E-state index in [9.17, 15) is 0 Å². The van der Waals surface area contributed by atoms with Crippen molar-refractivity contribution in [3.05, 3.63) is 34.3 Å². The predicted molar refractivity (Wildman–Crippen MR) is 71.7 cm³/mol. The smallest absolute Gasteiger partial charge is 0.0462 e. The van der Waals surface area contributed by atoms with Gasteiger partial charge in [-0.1, -0.05) is 41.1 Å². The molecule has 0 fully saturated rings. The average molecular weight is 286 g/mol. The molecule has 0 saturated carbocycles.